The zero-order valence-electron chi connectivity index (χ0n) is 10.9. The molecule has 0 radical (unpaired) electrons. The molecular weight excluding hydrogens is 299 g/mol. The predicted octanol–water partition coefficient (Wildman–Crippen LogP) is 4.85. The fourth-order valence-corrected chi connectivity index (χ4v) is 3.07. The molecule has 0 saturated carbocycles. The molecule has 1 N–H and O–H groups in total. The lowest BCUT2D eigenvalue weighted by Gasteiger charge is -2.17. The summed E-state index contributed by atoms with van der Waals surface area (Å²) in [7, 11) is 0. The van der Waals surface area contributed by atoms with E-state index in [0.29, 0.717) is 10.0 Å². The maximum Gasteiger partial charge on any atom is 0.0897 e. The second-order valence-corrected chi connectivity index (χ2v) is 6.42. The summed E-state index contributed by atoms with van der Waals surface area (Å²) in [4.78, 5) is 5.53. The third kappa shape index (κ3) is 3.69. The highest BCUT2D eigenvalue weighted by atomic mass is 35.5. The van der Waals surface area contributed by atoms with E-state index in [9.17, 15) is 0 Å². The fourth-order valence-electron chi connectivity index (χ4n) is 1.87. The molecule has 1 aromatic heterocycles. The molecule has 0 spiro atoms. The van der Waals surface area contributed by atoms with Gasteiger partial charge in [0, 0.05) is 11.1 Å². The van der Waals surface area contributed by atoms with E-state index < -0.39 is 0 Å². The number of rotatable bonds is 5. The molecule has 2 rings (SSSR count). The monoisotopic (exact) mass is 314 g/mol. The standard InChI is InChI=1S/C14H16Cl2N2S/c1-3-6-17-14(13-8-18-9(2)19-13)10-4-5-11(15)12(16)7-10/h4-5,7-8,14,17H,3,6H2,1-2H3. The van der Waals surface area contributed by atoms with Crippen LogP contribution in [0, 0.1) is 6.92 Å². The van der Waals surface area contributed by atoms with Crippen LogP contribution < -0.4 is 5.32 Å². The Bertz CT molecular complexity index is 554. The van der Waals surface area contributed by atoms with E-state index in [2.05, 4.69) is 17.2 Å². The number of nitrogens with one attached hydrogen (secondary N) is 1. The number of hydrogen-bond acceptors (Lipinski definition) is 3. The lowest BCUT2D eigenvalue weighted by atomic mass is 10.1. The highest BCUT2D eigenvalue weighted by Gasteiger charge is 2.16. The molecule has 5 heteroatoms. The Balaban J connectivity index is 2.33. The lowest BCUT2D eigenvalue weighted by molar-refractivity contribution is 0.605. The van der Waals surface area contributed by atoms with Gasteiger partial charge in [0.15, 0.2) is 0 Å². The fraction of sp³-hybridized carbons (Fsp3) is 0.357. The van der Waals surface area contributed by atoms with Gasteiger partial charge in [0.1, 0.15) is 0 Å². The van der Waals surface area contributed by atoms with Gasteiger partial charge in [-0.1, -0.05) is 36.2 Å². The Morgan fingerprint density at radius 3 is 2.68 bits per heavy atom. The van der Waals surface area contributed by atoms with E-state index >= 15 is 0 Å². The zero-order chi connectivity index (χ0) is 13.8. The Morgan fingerprint density at radius 1 is 1.32 bits per heavy atom. The summed E-state index contributed by atoms with van der Waals surface area (Å²) in [5, 5.41) is 5.77. The van der Waals surface area contributed by atoms with Crippen LogP contribution in [0.3, 0.4) is 0 Å². The maximum atomic E-state index is 6.11. The van der Waals surface area contributed by atoms with Crippen LogP contribution in [0.4, 0.5) is 0 Å². The van der Waals surface area contributed by atoms with Gasteiger partial charge >= 0.3 is 0 Å². The maximum absolute atomic E-state index is 6.11. The number of halogens is 2. The largest absolute Gasteiger partial charge is 0.306 e. The van der Waals surface area contributed by atoms with E-state index in [4.69, 9.17) is 23.2 Å². The molecule has 0 aliphatic heterocycles. The molecule has 0 fully saturated rings. The molecule has 1 atom stereocenters. The lowest BCUT2D eigenvalue weighted by Crippen LogP contribution is -2.22. The first-order chi connectivity index (χ1) is 9.11. The van der Waals surface area contributed by atoms with Crippen molar-refractivity contribution in [3.8, 4) is 0 Å². The van der Waals surface area contributed by atoms with Crippen LogP contribution in [0.25, 0.3) is 0 Å². The van der Waals surface area contributed by atoms with Gasteiger partial charge in [-0.15, -0.1) is 11.3 Å². The zero-order valence-corrected chi connectivity index (χ0v) is 13.2. The van der Waals surface area contributed by atoms with Crippen molar-refractivity contribution in [3.63, 3.8) is 0 Å². The predicted molar refractivity (Wildman–Crippen MR) is 83.4 cm³/mol. The average Bonchev–Trinajstić information content (AvgIpc) is 2.80. The van der Waals surface area contributed by atoms with Crippen LogP contribution in [0.5, 0.6) is 0 Å². The number of nitrogens with zero attached hydrogens (tertiary/aromatic N) is 1. The third-order valence-corrected chi connectivity index (χ3v) is 4.52. The summed E-state index contributed by atoms with van der Waals surface area (Å²) in [6.07, 6.45) is 3.01. The van der Waals surface area contributed by atoms with Crippen molar-refractivity contribution >= 4 is 34.5 Å². The van der Waals surface area contributed by atoms with Gasteiger partial charge in [0.2, 0.25) is 0 Å². The Morgan fingerprint density at radius 2 is 2.11 bits per heavy atom. The van der Waals surface area contributed by atoms with Gasteiger partial charge in [-0.3, -0.25) is 0 Å². The molecule has 2 nitrogen and oxygen atoms in total. The highest BCUT2D eigenvalue weighted by molar-refractivity contribution is 7.11. The topological polar surface area (TPSA) is 24.9 Å². The molecule has 0 aliphatic carbocycles. The van der Waals surface area contributed by atoms with E-state index in [0.717, 1.165) is 23.5 Å². The first-order valence-electron chi connectivity index (χ1n) is 6.22. The summed E-state index contributed by atoms with van der Waals surface area (Å²) in [6, 6.07) is 5.90. The molecule has 1 aromatic carbocycles. The Labute approximate surface area is 127 Å². The van der Waals surface area contributed by atoms with Crippen molar-refractivity contribution in [2.45, 2.75) is 26.3 Å². The minimum absolute atomic E-state index is 0.126. The normalized spacial score (nSPS) is 12.6. The molecule has 1 unspecified atom stereocenters. The van der Waals surface area contributed by atoms with Crippen LogP contribution in [0.2, 0.25) is 10.0 Å². The number of benzene rings is 1. The minimum Gasteiger partial charge on any atom is -0.306 e. The minimum atomic E-state index is 0.126. The van der Waals surface area contributed by atoms with Gasteiger partial charge in [0.05, 0.1) is 21.1 Å². The van der Waals surface area contributed by atoms with Gasteiger partial charge in [-0.2, -0.15) is 0 Å². The SMILES string of the molecule is CCCNC(c1ccc(Cl)c(Cl)c1)c1cnc(C)s1. The second-order valence-electron chi connectivity index (χ2n) is 4.34. The van der Waals surface area contributed by atoms with Crippen molar-refractivity contribution in [2.24, 2.45) is 0 Å². The molecule has 0 bridgehead atoms. The van der Waals surface area contributed by atoms with E-state index in [1.807, 2.05) is 31.3 Å². The van der Waals surface area contributed by atoms with Gasteiger partial charge in [0.25, 0.3) is 0 Å². The van der Waals surface area contributed by atoms with E-state index in [1.165, 1.54) is 4.88 Å². The molecule has 19 heavy (non-hydrogen) atoms. The Kier molecular flexibility index (Phi) is 5.22. The van der Waals surface area contributed by atoms with Gasteiger partial charge in [-0.25, -0.2) is 4.98 Å². The highest BCUT2D eigenvalue weighted by Crippen LogP contribution is 2.31. The summed E-state index contributed by atoms with van der Waals surface area (Å²) >= 11 is 13.8. The summed E-state index contributed by atoms with van der Waals surface area (Å²) in [5.74, 6) is 0. The van der Waals surface area contributed by atoms with Gasteiger partial charge in [-0.05, 0) is 37.6 Å². The number of hydrogen-bond donors (Lipinski definition) is 1. The van der Waals surface area contributed by atoms with Crippen LogP contribution in [-0.2, 0) is 0 Å². The molecule has 0 aliphatic rings. The van der Waals surface area contributed by atoms with Crippen LogP contribution >= 0.6 is 34.5 Å². The summed E-state index contributed by atoms with van der Waals surface area (Å²) in [6.45, 7) is 5.11. The smallest absolute Gasteiger partial charge is 0.0897 e. The molecule has 2 aromatic rings. The summed E-state index contributed by atoms with van der Waals surface area (Å²) < 4.78 is 0. The second kappa shape index (κ2) is 6.71. The van der Waals surface area contributed by atoms with Crippen LogP contribution in [-0.4, -0.2) is 11.5 Å². The first kappa shape index (κ1) is 14.8. The average molecular weight is 315 g/mol. The number of aromatic nitrogens is 1. The number of aryl methyl sites for hydroxylation is 1. The first-order valence-corrected chi connectivity index (χ1v) is 7.79. The van der Waals surface area contributed by atoms with Crippen molar-refractivity contribution in [1.82, 2.24) is 10.3 Å². The van der Waals surface area contributed by atoms with Crippen LogP contribution in [0.15, 0.2) is 24.4 Å². The molecular formula is C14H16Cl2N2S. The third-order valence-electron chi connectivity index (χ3n) is 2.80. The van der Waals surface area contributed by atoms with E-state index in [1.54, 1.807) is 11.3 Å². The van der Waals surface area contributed by atoms with Crippen molar-refractivity contribution in [1.29, 1.82) is 0 Å². The molecule has 0 amide bonds. The van der Waals surface area contributed by atoms with Gasteiger partial charge < -0.3 is 5.32 Å². The van der Waals surface area contributed by atoms with Crippen molar-refractivity contribution in [3.05, 3.63) is 49.9 Å². The quantitative estimate of drug-likeness (QED) is 0.853. The molecule has 102 valence electrons. The van der Waals surface area contributed by atoms with E-state index in [-0.39, 0.29) is 6.04 Å². The molecule has 0 saturated heterocycles. The Hall–Kier alpha value is -0.610. The van der Waals surface area contributed by atoms with Crippen molar-refractivity contribution < 1.29 is 0 Å². The van der Waals surface area contributed by atoms with Crippen LogP contribution in [0.1, 0.15) is 34.8 Å². The summed E-state index contributed by atoms with van der Waals surface area (Å²) in [5.41, 5.74) is 1.12. The van der Waals surface area contributed by atoms with Crippen molar-refractivity contribution in [2.75, 3.05) is 6.54 Å². The molecule has 1 heterocycles. The number of thiazole rings is 1.